The number of nitrogens with one attached hydrogen (secondary N) is 1. The molecule has 1 N–H and O–H groups in total. The van der Waals surface area contributed by atoms with E-state index in [1.54, 1.807) is 11.3 Å². The van der Waals surface area contributed by atoms with Crippen molar-refractivity contribution in [2.75, 3.05) is 5.32 Å². The van der Waals surface area contributed by atoms with Gasteiger partial charge in [-0.05, 0) is 23.9 Å². The Morgan fingerprint density at radius 1 is 1.24 bits per heavy atom. The Balaban J connectivity index is 2.08. The number of aromatic nitrogens is 2. The van der Waals surface area contributed by atoms with Gasteiger partial charge in [0.1, 0.15) is 6.07 Å². The molecule has 104 valence electrons. The van der Waals surface area contributed by atoms with Crippen LogP contribution in [0.25, 0.3) is 10.9 Å². The Morgan fingerprint density at radius 3 is 2.81 bits per heavy atom. The van der Waals surface area contributed by atoms with Crippen LogP contribution in [0.3, 0.4) is 0 Å². The van der Waals surface area contributed by atoms with Crippen LogP contribution >= 0.6 is 11.3 Å². The van der Waals surface area contributed by atoms with Crippen LogP contribution in [0, 0.1) is 11.3 Å². The standard InChI is InChI=1S/C16H14N4S/c1-2-12(15-8-5-9-21-15)18-16-11-6-3-4-7-13(11)19-20-14(16)10-17/h3-9,12H,2H2,1H3,(H,18,19). The molecule has 0 aliphatic heterocycles. The summed E-state index contributed by atoms with van der Waals surface area (Å²) in [6.45, 7) is 2.13. The van der Waals surface area contributed by atoms with Crippen molar-refractivity contribution < 1.29 is 0 Å². The van der Waals surface area contributed by atoms with E-state index in [1.165, 1.54) is 4.88 Å². The van der Waals surface area contributed by atoms with Crippen molar-refractivity contribution in [1.82, 2.24) is 10.2 Å². The van der Waals surface area contributed by atoms with Crippen LogP contribution in [0.2, 0.25) is 0 Å². The molecule has 0 aliphatic rings. The Hall–Kier alpha value is -2.45. The summed E-state index contributed by atoms with van der Waals surface area (Å²) in [4.78, 5) is 1.25. The van der Waals surface area contributed by atoms with Gasteiger partial charge >= 0.3 is 0 Å². The molecule has 0 aliphatic carbocycles. The van der Waals surface area contributed by atoms with E-state index in [2.05, 4.69) is 40.0 Å². The first-order chi connectivity index (χ1) is 10.3. The van der Waals surface area contributed by atoms with Crippen molar-refractivity contribution in [3.8, 4) is 6.07 Å². The van der Waals surface area contributed by atoms with Gasteiger partial charge in [-0.15, -0.1) is 21.5 Å². The number of anilines is 1. The van der Waals surface area contributed by atoms with Crippen molar-refractivity contribution in [2.24, 2.45) is 0 Å². The first-order valence-electron chi connectivity index (χ1n) is 6.79. The molecule has 0 saturated heterocycles. The van der Waals surface area contributed by atoms with E-state index < -0.39 is 0 Å². The summed E-state index contributed by atoms with van der Waals surface area (Å²) in [7, 11) is 0. The minimum absolute atomic E-state index is 0.171. The van der Waals surface area contributed by atoms with Crippen LogP contribution in [-0.2, 0) is 0 Å². The van der Waals surface area contributed by atoms with Gasteiger partial charge in [0.05, 0.1) is 17.2 Å². The number of thiophene rings is 1. The van der Waals surface area contributed by atoms with Crippen molar-refractivity contribution >= 4 is 27.9 Å². The second-order valence-electron chi connectivity index (χ2n) is 4.67. The highest BCUT2D eigenvalue weighted by Crippen LogP contribution is 2.31. The lowest BCUT2D eigenvalue weighted by molar-refractivity contribution is 0.763. The smallest absolute Gasteiger partial charge is 0.186 e. The van der Waals surface area contributed by atoms with E-state index in [9.17, 15) is 5.26 Å². The van der Waals surface area contributed by atoms with Gasteiger partial charge in [-0.2, -0.15) is 5.26 Å². The molecule has 21 heavy (non-hydrogen) atoms. The molecule has 1 atom stereocenters. The van der Waals surface area contributed by atoms with Gasteiger partial charge < -0.3 is 5.32 Å². The van der Waals surface area contributed by atoms with Gasteiger partial charge in [0.2, 0.25) is 0 Å². The predicted octanol–water partition coefficient (Wildman–Crippen LogP) is 4.13. The van der Waals surface area contributed by atoms with Crippen molar-refractivity contribution in [3.05, 3.63) is 52.3 Å². The summed E-state index contributed by atoms with van der Waals surface area (Å²) >= 11 is 1.71. The predicted molar refractivity (Wildman–Crippen MR) is 85.2 cm³/mol. The Morgan fingerprint density at radius 2 is 2.10 bits per heavy atom. The normalized spacial score (nSPS) is 12.0. The number of nitriles is 1. The van der Waals surface area contributed by atoms with Crippen LogP contribution in [0.15, 0.2) is 41.8 Å². The number of hydrogen-bond acceptors (Lipinski definition) is 5. The van der Waals surface area contributed by atoms with E-state index in [0.29, 0.717) is 5.69 Å². The summed E-state index contributed by atoms with van der Waals surface area (Å²) in [5, 5.41) is 23.9. The van der Waals surface area contributed by atoms with Gasteiger partial charge in [-0.25, -0.2) is 0 Å². The molecular weight excluding hydrogens is 280 g/mol. The van der Waals surface area contributed by atoms with Crippen molar-refractivity contribution in [2.45, 2.75) is 19.4 Å². The Kier molecular flexibility index (Phi) is 3.80. The quantitative estimate of drug-likeness (QED) is 0.786. The molecule has 5 heteroatoms. The van der Waals surface area contributed by atoms with Gasteiger partial charge in [0.25, 0.3) is 0 Å². The second-order valence-corrected chi connectivity index (χ2v) is 5.65. The number of rotatable bonds is 4. The lowest BCUT2D eigenvalue weighted by atomic mass is 10.1. The molecule has 4 nitrogen and oxygen atoms in total. The zero-order chi connectivity index (χ0) is 14.7. The zero-order valence-corrected chi connectivity index (χ0v) is 12.4. The van der Waals surface area contributed by atoms with E-state index in [0.717, 1.165) is 23.0 Å². The summed E-state index contributed by atoms with van der Waals surface area (Å²) in [5.74, 6) is 0. The molecule has 0 spiro atoms. The highest BCUT2D eigenvalue weighted by molar-refractivity contribution is 7.10. The SMILES string of the molecule is CCC(Nc1c(C#N)nnc2ccccc12)c1cccs1. The van der Waals surface area contributed by atoms with Gasteiger partial charge in [-0.3, -0.25) is 0 Å². The minimum atomic E-state index is 0.171. The van der Waals surface area contributed by atoms with Crippen LogP contribution in [-0.4, -0.2) is 10.2 Å². The van der Waals surface area contributed by atoms with Crippen LogP contribution in [0.5, 0.6) is 0 Å². The fourth-order valence-electron chi connectivity index (χ4n) is 2.32. The maximum atomic E-state index is 9.30. The van der Waals surface area contributed by atoms with Crippen molar-refractivity contribution in [1.29, 1.82) is 5.26 Å². The first kappa shape index (κ1) is 13.5. The third kappa shape index (κ3) is 2.58. The third-order valence-electron chi connectivity index (χ3n) is 3.39. The number of hydrogen-bond donors (Lipinski definition) is 1. The molecular formula is C16H14N4S. The minimum Gasteiger partial charge on any atom is -0.374 e. The van der Waals surface area contributed by atoms with E-state index in [-0.39, 0.29) is 6.04 Å². The third-order valence-corrected chi connectivity index (χ3v) is 4.37. The maximum Gasteiger partial charge on any atom is 0.186 e. The highest BCUT2D eigenvalue weighted by atomic mass is 32.1. The molecule has 1 aromatic carbocycles. The Labute approximate surface area is 127 Å². The molecule has 3 rings (SSSR count). The summed E-state index contributed by atoms with van der Waals surface area (Å²) in [6.07, 6.45) is 0.933. The fourth-order valence-corrected chi connectivity index (χ4v) is 3.18. The van der Waals surface area contributed by atoms with Crippen molar-refractivity contribution in [3.63, 3.8) is 0 Å². The van der Waals surface area contributed by atoms with E-state index >= 15 is 0 Å². The summed E-state index contributed by atoms with van der Waals surface area (Å²) in [6, 6.07) is 14.2. The molecule has 0 amide bonds. The average Bonchev–Trinajstić information content (AvgIpc) is 3.06. The van der Waals surface area contributed by atoms with E-state index in [4.69, 9.17) is 0 Å². The number of fused-ring (bicyclic) bond motifs is 1. The monoisotopic (exact) mass is 294 g/mol. The molecule has 0 saturated carbocycles. The van der Waals surface area contributed by atoms with Gasteiger partial charge in [0.15, 0.2) is 5.69 Å². The summed E-state index contributed by atoms with van der Waals surface area (Å²) in [5.41, 5.74) is 1.90. The maximum absolute atomic E-state index is 9.30. The number of benzene rings is 1. The molecule has 1 unspecified atom stereocenters. The topological polar surface area (TPSA) is 61.6 Å². The molecule has 2 heterocycles. The lowest BCUT2D eigenvalue weighted by Gasteiger charge is -2.18. The number of nitrogens with zero attached hydrogens (tertiary/aromatic N) is 3. The average molecular weight is 294 g/mol. The molecule has 0 bridgehead atoms. The molecule has 0 fully saturated rings. The Bertz CT molecular complexity index is 790. The van der Waals surface area contributed by atoms with Crippen LogP contribution < -0.4 is 5.32 Å². The highest BCUT2D eigenvalue weighted by Gasteiger charge is 2.16. The van der Waals surface area contributed by atoms with Gasteiger partial charge in [0, 0.05) is 10.3 Å². The second kappa shape index (κ2) is 5.90. The van der Waals surface area contributed by atoms with Crippen LogP contribution in [0.4, 0.5) is 5.69 Å². The van der Waals surface area contributed by atoms with Gasteiger partial charge in [-0.1, -0.05) is 31.2 Å². The zero-order valence-electron chi connectivity index (χ0n) is 11.6. The fraction of sp³-hybridized carbons (Fsp3) is 0.188. The van der Waals surface area contributed by atoms with Crippen LogP contribution in [0.1, 0.15) is 30.0 Å². The largest absolute Gasteiger partial charge is 0.374 e. The first-order valence-corrected chi connectivity index (χ1v) is 7.67. The molecule has 3 aromatic rings. The summed E-state index contributed by atoms with van der Waals surface area (Å²) < 4.78 is 0. The lowest BCUT2D eigenvalue weighted by Crippen LogP contribution is -2.11. The van der Waals surface area contributed by atoms with E-state index in [1.807, 2.05) is 30.3 Å². The molecule has 0 radical (unpaired) electrons. The molecule has 2 aromatic heterocycles.